The van der Waals surface area contributed by atoms with Crippen LogP contribution in [-0.4, -0.2) is 50.7 Å². The average Bonchev–Trinajstić information content (AvgIpc) is 2.98. The molecule has 3 unspecified atom stereocenters. The molecule has 0 aromatic heterocycles. The number of hydrogen-bond acceptors (Lipinski definition) is 5. The number of carbonyl (C=O) groups is 1. The fourth-order valence-corrected chi connectivity index (χ4v) is 2.73. The molecular formula is C11H18O5. The van der Waals surface area contributed by atoms with Gasteiger partial charge in [0.1, 0.15) is 11.7 Å². The Morgan fingerprint density at radius 3 is 2.81 bits per heavy atom. The Morgan fingerprint density at radius 1 is 1.50 bits per heavy atom. The molecule has 0 aromatic rings. The van der Waals surface area contributed by atoms with E-state index in [2.05, 4.69) is 0 Å². The first-order chi connectivity index (χ1) is 7.66. The van der Waals surface area contributed by atoms with E-state index in [0.29, 0.717) is 26.1 Å². The molecule has 2 rings (SSSR count). The van der Waals surface area contributed by atoms with Crippen molar-refractivity contribution in [3.8, 4) is 0 Å². The zero-order chi connectivity index (χ0) is 11.8. The summed E-state index contributed by atoms with van der Waals surface area (Å²) in [6.07, 6.45) is 1.08. The maximum Gasteiger partial charge on any atom is 0.341 e. The van der Waals surface area contributed by atoms with Gasteiger partial charge in [-0.05, 0) is 6.42 Å². The first kappa shape index (κ1) is 11.8. The molecule has 92 valence electrons. The van der Waals surface area contributed by atoms with Gasteiger partial charge < -0.3 is 18.9 Å². The highest BCUT2D eigenvalue weighted by Gasteiger charge is 2.78. The van der Waals surface area contributed by atoms with Crippen molar-refractivity contribution in [2.45, 2.75) is 37.1 Å². The van der Waals surface area contributed by atoms with Crippen LogP contribution in [-0.2, 0) is 23.7 Å². The normalized spacial score (nSPS) is 42.1. The Morgan fingerprint density at radius 2 is 2.25 bits per heavy atom. The lowest BCUT2D eigenvalue weighted by atomic mass is 9.82. The second kappa shape index (κ2) is 3.98. The maximum atomic E-state index is 11.8. The number of ether oxygens (including phenoxy) is 4. The molecule has 16 heavy (non-hydrogen) atoms. The number of methoxy groups -OCH3 is 2. The summed E-state index contributed by atoms with van der Waals surface area (Å²) in [7, 11) is 3.00. The van der Waals surface area contributed by atoms with Crippen LogP contribution in [0.3, 0.4) is 0 Å². The van der Waals surface area contributed by atoms with E-state index in [1.54, 1.807) is 7.11 Å². The van der Waals surface area contributed by atoms with Gasteiger partial charge in [-0.3, -0.25) is 0 Å². The minimum Gasteiger partial charge on any atom is -0.467 e. The number of epoxide rings is 1. The number of rotatable bonds is 3. The molecule has 2 saturated heterocycles. The molecular weight excluding hydrogens is 212 g/mol. The molecule has 3 atom stereocenters. The summed E-state index contributed by atoms with van der Waals surface area (Å²) in [4.78, 5) is 11.8. The molecule has 2 aliphatic heterocycles. The SMILES string of the molecule is CCC1(C(=O)OC)OC12CCOCC2OC. The lowest BCUT2D eigenvalue weighted by Gasteiger charge is -2.30. The summed E-state index contributed by atoms with van der Waals surface area (Å²) in [5.41, 5.74) is -1.37. The molecule has 0 amide bonds. The second-order valence-electron chi connectivity index (χ2n) is 4.21. The van der Waals surface area contributed by atoms with Crippen LogP contribution in [0.5, 0.6) is 0 Å². The van der Waals surface area contributed by atoms with Crippen LogP contribution < -0.4 is 0 Å². The van der Waals surface area contributed by atoms with Crippen molar-refractivity contribution < 1.29 is 23.7 Å². The number of carbonyl (C=O) groups excluding carboxylic acids is 1. The standard InChI is InChI=1S/C11H18O5/c1-4-10(9(12)14-3)11(16-10)5-6-15-7-8(11)13-2/h8H,4-7H2,1-3H3. The first-order valence-electron chi connectivity index (χ1n) is 5.56. The topological polar surface area (TPSA) is 57.3 Å². The highest BCUT2D eigenvalue weighted by atomic mass is 16.7. The molecule has 0 bridgehead atoms. The van der Waals surface area contributed by atoms with E-state index in [9.17, 15) is 4.79 Å². The third kappa shape index (κ3) is 1.31. The first-order valence-corrected chi connectivity index (χ1v) is 5.56. The molecule has 5 nitrogen and oxygen atoms in total. The van der Waals surface area contributed by atoms with Crippen LogP contribution >= 0.6 is 0 Å². The summed E-state index contributed by atoms with van der Waals surface area (Å²) in [5.74, 6) is -0.307. The van der Waals surface area contributed by atoms with E-state index >= 15 is 0 Å². The van der Waals surface area contributed by atoms with E-state index in [-0.39, 0.29) is 12.1 Å². The zero-order valence-corrected chi connectivity index (χ0v) is 9.95. The summed E-state index contributed by atoms with van der Waals surface area (Å²) in [6, 6.07) is 0. The Labute approximate surface area is 95.0 Å². The van der Waals surface area contributed by atoms with Crippen molar-refractivity contribution in [2.75, 3.05) is 27.4 Å². The van der Waals surface area contributed by atoms with E-state index in [0.717, 1.165) is 0 Å². The van der Waals surface area contributed by atoms with Crippen LogP contribution in [0.4, 0.5) is 0 Å². The third-order valence-corrected chi connectivity index (χ3v) is 3.70. The average molecular weight is 230 g/mol. The van der Waals surface area contributed by atoms with Gasteiger partial charge >= 0.3 is 5.97 Å². The lowest BCUT2D eigenvalue weighted by molar-refractivity contribution is -0.147. The van der Waals surface area contributed by atoms with E-state index in [1.807, 2.05) is 6.92 Å². The van der Waals surface area contributed by atoms with Crippen molar-refractivity contribution in [1.82, 2.24) is 0 Å². The predicted molar refractivity (Wildman–Crippen MR) is 55.1 cm³/mol. The van der Waals surface area contributed by atoms with Gasteiger partial charge in [-0.25, -0.2) is 4.79 Å². The number of esters is 1. The largest absolute Gasteiger partial charge is 0.467 e. The molecule has 5 heteroatoms. The predicted octanol–water partition coefficient (Wildman–Crippen LogP) is 0.512. The highest BCUT2D eigenvalue weighted by Crippen LogP contribution is 2.57. The van der Waals surface area contributed by atoms with Crippen LogP contribution in [0.1, 0.15) is 19.8 Å². The van der Waals surface area contributed by atoms with Gasteiger partial charge in [0.2, 0.25) is 0 Å². The van der Waals surface area contributed by atoms with E-state index in [1.165, 1.54) is 7.11 Å². The van der Waals surface area contributed by atoms with Gasteiger partial charge in [0.05, 0.1) is 13.7 Å². The third-order valence-electron chi connectivity index (χ3n) is 3.70. The van der Waals surface area contributed by atoms with Gasteiger partial charge in [0, 0.05) is 20.1 Å². The molecule has 2 heterocycles. The second-order valence-corrected chi connectivity index (χ2v) is 4.21. The van der Waals surface area contributed by atoms with Gasteiger partial charge in [0.25, 0.3) is 0 Å². The van der Waals surface area contributed by atoms with Gasteiger partial charge in [-0.1, -0.05) is 6.92 Å². The van der Waals surface area contributed by atoms with Gasteiger partial charge in [-0.2, -0.15) is 0 Å². The van der Waals surface area contributed by atoms with E-state index < -0.39 is 11.2 Å². The van der Waals surface area contributed by atoms with Crippen molar-refractivity contribution in [2.24, 2.45) is 0 Å². The minimum atomic E-state index is -0.827. The summed E-state index contributed by atoms with van der Waals surface area (Å²) in [6.45, 7) is 2.99. The summed E-state index contributed by atoms with van der Waals surface area (Å²) >= 11 is 0. The molecule has 0 N–H and O–H groups in total. The Bertz CT molecular complexity index is 292. The Hall–Kier alpha value is -0.650. The molecule has 2 fully saturated rings. The fraction of sp³-hybridized carbons (Fsp3) is 0.909. The molecule has 0 aromatic carbocycles. The minimum absolute atomic E-state index is 0.194. The van der Waals surface area contributed by atoms with Crippen molar-refractivity contribution >= 4 is 5.97 Å². The van der Waals surface area contributed by atoms with Crippen LogP contribution in [0.2, 0.25) is 0 Å². The van der Waals surface area contributed by atoms with Crippen molar-refractivity contribution in [1.29, 1.82) is 0 Å². The number of hydrogen-bond donors (Lipinski definition) is 0. The summed E-state index contributed by atoms with van der Waals surface area (Å²) in [5, 5.41) is 0. The quantitative estimate of drug-likeness (QED) is 0.522. The van der Waals surface area contributed by atoms with Crippen LogP contribution in [0.25, 0.3) is 0 Å². The molecule has 0 radical (unpaired) electrons. The molecule has 1 spiro atoms. The lowest BCUT2D eigenvalue weighted by Crippen LogP contribution is -2.49. The zero-order valence-electron chi connectivity index (χ0n) is 9.95. The summed E-state index contributed by atoms with van der Waals surface area (Å²) < 4.78 is 21.3. The maximum absolute atomic E-state index is 11.8. The Balaban J connectivity index is 2.23. The van der Waals surface area contributed by atoms with Crippen molar-refractivity contribution in [3.05, 3.63) is 0 Å². The smallest absolute Gasteiger partial charge is 0.341 e. The van der Waals surface area contributed by atoms with Gasteiger partial charge in [-0.15, -0.1) is 0 Å². The van der Waals surface area contributed by atoms with E-state index in [4.69, 9.17) is 18.9 Å². The molecule has 2 aliphatic rings. The van der Waals surface area contributed by atoms with Crippen molar-refractivity contribution in [3.63, 3.8) is 0 Å². The van der Waals surface area contributed by atoms with Crippen LogP contribution in [0.15, 0.2) is 0 Å². The fourth-order valence-electron chi connectivity index (χ4n) is 2.73. The van der Waals surface area contributed by atoms with Crippen LogP contribution in [0, 0.1) is 0 Å². The monoisotopic (exact) mass is 230 g/mol. The molecule has 0 aliphatic carbocycles. The molecule has 0 saturated carbocycles. The Kier molecular flexibility index (Phi) is 2.94. The highest BCUT2D eigenvalue weighted by molar-refractivity contribution is 5.85. The van der Waals surface area contributed by atoms with Gasteiger partial charge in [0.15, 0.2) is 5.60 Å².